The smallest absolute Gasteiger partial charge is 0.213 e. The zero-order valence-corrected chi connectivity index (χ0v) is 11.5. The number of hydrogen-bond donors (Lipinski definition) is 1. The van der Waals surface area contributed by atoms with Crippen molar-refractivity contribution in [1.82, 2.24) is 10.3 Å². The maximum Gasteiger partial charge on any atom is 0.213 e. The molecule has 0 radical (unpaired) electrons. The molecule has 18 heavy (non-hydrogen) atoms. The van der Waals surface area contributed by atoms with Crippen molar-refractivity contribution >= 4 is 0 Å². The number of pyridine rings is 1. The van der Waals surface area contributed by atoms with Crippen LogP contribution in [-0.4, -0.2) is 17.6 Å². The Morgan fingerprint density at radius 3 is 3.00 bits per heavy atom. The second-order valence-electron chi connectivity index (χ2n) is 5.33. The van der Waals surface area contributed by atoms with Crippen molar-refractivity contribution in [2.75, 3.05) is 6.61 Å². The van der Waals surface area contributed by atoms with Crippen LogP contribution in [0.1, 0.15) is 45.2 Å². The summed E-state index contributed by atoms with van der Waals surface area (Å²) in [5.41, 5.74) is 1.07. The van der Waals surface area contributed by atoms with E-state index in [9.17, 15) is 0 Å². The molecule has 1 aromatic heterocycles. The summed E-state index contributed by atoms with van der Waals surface area (Å²) in [6, 6.07) is 6.74. The highest BCUT2D eigenvalue weighted by molar-refractivity contribution is 5.16. The summed E-state index contributed by atoms with van der Waals surface area (Å²) in [5, 5.41) is 3.47. The largest absolute Gasteiger partial charge is 0.477 e. The first-order chi connectivity index (χ1) is 8.78. The van der Waals surface area contributed by atoms with Gasteiger partial charge < -0.3 is 10.1 Å². The minimum Gasteiger partial charge on any atom is -0.477 e. The lowest BCUT2D eigenvalue weighted by atomic mass is 10.1. The van der Waals surface area contributed by atoms with Crippen molar-refractivity contribution in [2.24, 2.45) is 5.92 Å². The lowest BCUT2D eigenvalue weighted by molar-refractivity contribution is 0.242. The van der Waals surface area contributed by atoms with E-state index in [-0.39, 0.29) is 0 Å². The molecule has 0 amide bonds. The van der Waals surface area contributed by atoms with Crippen LogP contribution in [0, 0.1) is 5.92 Å². The van der Waals surface area contributed by atoms with Crippen LogP contribution < -0.4 is 10.1 Å². The topological polar surface area (TPSA) is 34.1 Å². The molecule has 1 aromatic rings. The molecule has 100 valence electrons. The van der Waals surface area contributed by atoms with Gasteiger partial charge in [-0.05, 0) is 31.2 Å². The van der Waals surface area contributed by atoms with Gasteiger partial charge in [0.25, 0.3) is 0 Å². The number of nitrogens with one attached hydrogen (secondary N) is 1. The first-order valence-corrected chi connectivity index (χ1v) is 7.10. The Hall–Kier alpha value is -1.09. The van der Waals surface area contributed by atoms with Crippen molar-refractivity contribution in [2.45, 2.75) is 52.1 Å². The minimum atomic E-state index is 0.602. The maximum atomic E-state index is 5.74. The van der Waals surface area contributed by atoms with Gasteiger partial charge in [0.2, 0.25) is 5.88 Å². The van der Waals surface area contributed by atoms with E-state index in [4.69, 9.17) is 4.74 Å². The molecule has 3 nitrogen and oxygen atoms in total. The first-order valence-electron chi connectivity index (χ1n) is 7.10. The molecule has 0 aromatic carbocycles. The highest BCUT2D eigenvalue weighted by atomic mass is 16.5. The van der Waals surface area contributed by atoms with Gasteiger partial charge in [-0.2, -0.15) is 0 Å². The fraction of sp³-hybridized carbons (Fsp3) is 0.667. The summed E-state index contributed by atoms with van der Waals surface area (Å²) in [6.45, 7) is 6.05. The summed E-state index contributed by atoms with van der Waals surface area (Å²) in [5.74, 6) is 1.36. The second-order valence-corrected chi connectivity index (χ2v) is 5.33. The molecule has 1 unspecified atom stereocenters. The van der Waals surface area contributed by atoms with Crippen LogP contribution >= 0.6 is 0 Å². The van der Waals surface area contributed by atoms with Crippen molar-refractivity contribution in [3.8, 4) is 5.88 Å². The Morgan fingerprint density at radius 2 is 2.28 bits per heavy atom. The van der Waals surface area contributed by atoms with Gasteiger partial charge in [-0.15, -0.1) is 0 Å². The van der Waals surface area contributed by atoms with Crippen LogP contribution in [0.3, 0.4) is 0 Å². The van der Waals surface area contributed by atoms with Gasteiger partial charge in [0.05, 0.1) is 12.3 Å². The molecule has 0 bridgehead atoms. The molecule has 1 aliphatic carbocycles. The van der Waals surface area contributed by atoms with Crippen LogP contribution in [-0.2, 0) is 6.54 Å². The van der Waals surface area contributed by atoms with Gasteiger partial charge >= 0.3 is 0 Å². The predicted molar refractivity (Wildman–Crippen MR) is 73.7 cm³/mol. The average molecular weight is 248 g/mol. The van der Waals surface area contributed by atoms with Crippen molar-refractivity contribution in [3.05, 3.63) is 23.9 Å². The molecule has 1 atom stereocenters. The molecule has 2 rings (SSSR count). The van der Waals surface area contributed by atoms with Crippen molar-refractivity contribution in [3.63, 3.8) is 0 Å². The number of hydrogen-bond acceptors (Lipinski definition) is 3. The van der Waals surface area contributed by atoms with Gasteiger partial charge in [0.1, 0.15) is 0 Å². The maximum absolute atomic E-state index is 5.74. The third-order valence-electron chi connectivity index (χ3n) is 3.23. The summed E-state index contributed by atoms with van der Waals surface area (Å²) in [7, 11) is 0. The monoisotopic (exact) mass is 248 g/mol. The minimum absolute atomic E-state index is 0.602. The Morgan fingerprint density at radius 1 is 1.44 bits per heavy atom. The molecule has 1 N–H and O–H groups in total. The molecular formula is C15H24N2O. The molecule has 0 spiro atoms. The second kappa shape index (κ2) is 6.74. The molecule has 0 saturated heterocycles. The van der Waals surface area contributed by atoms with Crippen molar-refractivity contribution in [1.29, 1.82) is 0 Å². The van der Waals surface area contributed by atoms with Gasteiger partial charge in [-0.1, -0.05) is 26.3 Å². The van der Waals surface area contributed by atoms with E-state index in [1.165, 1.54) is 25.7 Å². The predicted octanol–water partition coefficient (Wildman–Crippen LogP) is 3.15. The number of ether oxygens (including phenoxy) is 1. The SMILES string of the molecule is CCCC(C)COc1cccc(CNC2CC2)n1. The van der Waals surface area contributed by atoms with Crippen LogP contribution in [0.15, 0.2) is 18.2 Å². The van der Waals surface area contributed by atoms with E-state index < -0.39 is 0 Å². The molecular weight excluding hydrogens is 224 g/mol. The lowest BCUT2D eigenvalue weighted by Gasteiger charge is -2.12. The summed E-state index contributed by atoms with van der Waals surface area (Å²) in [6.07, 6.45) is 5.04. The molecule has 1 aliphatic rings. The normalized spacial score (nSPS) is 16.6. The van der Waals surface area contributed by atoms with Crippen molar-refractivity contribution < 1.29 is 4.74 Å². The van der Waals surface area contributed by atoms with E-state index in [0.717, 1.165) is 30.8 Å². The Labute approximate surface area is 110 Å². The fourth-order valence-electron chi connectivity index (χ4n) is 1.98. The number of rotatable bonds is 8. The zero-order valence-electron chi connectivity index (χ0n) is 11.5. The summed E-state index contributed by atoms with van der Waals surface area (Å²) >= 11 is 0. The van der Waals surface area contributed by atoms with E-state index in [0.29, 0.717) is 5.92 Å². The third kappa shape index (κ3) is 4.65. The fourth-order valence-corrected chi connectivity index (χ4v) is 1.98. The van der Waals surface area contributed by atoms with Gasteiger partial charge in [-0.25, -0.2) is 4.98 Å². The van der Waals surface area contributed by atoms with Gasteiger partial charge in [-0.3, -0.25) is 0 Å². The molecule has 3 heteroatoms. The third-order valence-corrected chi connectivity index (χ3v) is 3.23. The first kappa shape index (κ1) is 13.3. The van der Waals surface area contributed by atoms with Gasteiger partial charge in [0.15, 0.2) is 0 Å². The number of nitrogens with zero attached hydrogens (tertiary/aromatic N) is 1. The molecule has 0 aliphatic heterocycles. The molecule has 1 saturated carbocycles. The van der Waals surface area contributed by atoms with E-state index >= 15 is 0 Å². The summed E-state index contributed by atoms with van der Waals surface area (Å²) < 4.78 is 5.74. The van der Waals surface area contributed by atoms with E-state index in [1.54, 1.807) is 0 Å². The Bertz CT molecular complexity index is 363. The van der Waals surface area contributed by atoms with Crippen LogP contribution in [0.5, 0.6) is 5.88 Å². The van der Waals surface area contributed by atoms with Crippen LogP contribution in [0.25, 0.3) is 0 Å². The van der Waals surface area contributed by atoms with Gasteiger partial charge in [0, 0.05) is 18.7 Å². The number of aromatic nitrogens is 1. The highest BCUT2D eigenvalue weighted by Crippen LogP contribution is 2.19. The van der Waals surface area contributed by atoms with E-state index in [1.807, 2.05) is 12.1 Å². The average Bonchev–Trinajstić information content (AvgIpc) is 3.19. The highest BCUT2D eigenvalue weighted by Gasteiger charge is 2.20. The standard InChI is InChI=1S/C15H24N2O/c1-3-5-12(2)11-18-15-7-4-6-14(17-15)10-16-13-8-9-13/h4,6-7,12-13,16H,3,5,8-11H2,1-2H3. The van der Waals surface area contributed by atoms with Crippen LogP contribution in [0.2, 0.25) is 0 Å². The zero-order chi connectivity index (χ0) is 12.8. The Balaban J connectivity index is 1.78. The summed E-state index contributed by atoms with van der Waals surface area (Å²) in [4.78, 5) is 4.52. The molecule has 1 fully saturated rings. The van der Waals surface area contributed by atoms with E-state index in [2.05, 4.69) is 30.2 Å². The molecule has 1 heterocycles. The quantitative estimate of drug-likeness (QED) is 0.767. The Kier molecular flexibility index (Phi) is 5.00. The lowest BCUT2D eigenvalue weighted by Crippen LogP contribution is -2.16. The van der Waals surface area contributed by atoms with Crippen LogP contribution in [0.4, 0.5) is 0 Å².